The molecule has 0 bridgehead atoms. The molecule has 33 heavy (non-hydrogen) atoms. The molecule has 0 unspecified atom stereocenters. The number of hydrogen-bond acceptors (Lipinski definition) is 5. The Morgan fingerprint density at radius 2 is 1.73 bits per heavy atom. The molecule has 5 rings (SSSR count). The first-order chi connectivity index (χ1) is 16.0. The lowest BCUT2D eigenvalue weighted by Gasteiger charge is -2.10. The van der Waals surface area contributed by atoms with E-state index in [1.54, 1.807) is 18.2 Å². The lowest BCUT2D eigenvalue weighted by molar-refractivity contribution is 0.0995. The predicted molar refractivity (Wildman–Crippen MR) is 125 cm³/mol. The highest BCUT2D eigenvalue weighted by Gasteiger charge is 2.28. The van der Waals surface area contributed by atoms with E-state index in [2.05, 4.69) is 10.0 Å². The van der Waals surface area contributed by atoms with Crippen LogP contribution in [0.2, 0.25) is 0 Å². The van der Waals surface area contributed by atoms with Gasteiger partial charge >= 0.3 is 0 Å². The van der Waals surface area contributed by atoms with Crippen molar-refractivity contribution < 1.29 is 22.4 Å². The number of anilines is 1. The zero-order valence-electron chi connectivity index (χ0n) is 17.7. The van der Waals surface area contributed by atoms with E-state index in [9.17, 15) is 13.2 Å². The Bertz CT molecular complexity index is 1410. The average molecular weight is 463 g/mol. The SMILES string of the molecule is O=C(Nc1cccc(S(=O)(=O)NC2CC2)c1)c1oc2ccccc2c1COc1ccccc1. The van der Waals surface area contributed by atoms with Gasteiger partial charge in [0.25, 0.3) is 5.91 Å². The van der Waals surface area contributed by atoms with Gasteiger partial charge in [-0.25, -0.2) is 13.1 Å². The van der Waals surface area contributed by atoms with Crippen LogP contribution >= 0.6 is 0 Å². The van der Waals surface area contributed by atoms with Crippen LogP contribution < -0.4 is 14.8 Å². The average Bonchev–Trinajstić information content (AvgIpc) is 3.55. The molecule has 1 aliphatic carbocycles. The topological polar surface area (TPSA) is 97.6 Å². The third kappa shape index (κ3) is 4.76. The second-order valence-electron chi connectivity index (χ2n) is 7.89. The van der Waals surface area contributed by atoms with Crippen molar-refractivity contribution in [2.45, 2.75) is 30.4 Å². The molecule has 0 radical (unpaired) electrons. The van der Waals surface area contributed by atoms with Crippen LogP contribution in [0.3, 0.4) is 0 Å². The Balaban J connectivity index is 1.41. The minimum atomic E-state index is -3.63. The maximum Gasteiger partial charge on any atom is 0.291 e. The Labute approximate surface area is 191 Å². The van der Waals surface area contributed by atoms with Crippen LogP contribution in [0.4, 0.5) is 5.69 Å². The van der Waals surface area contributed by atoms with Crippen molar-refractivity contribution in [3.05, 3.63) is 90.2 Å². The molecule has 0 spiro atoms. The molecule has 0 aliphatic heterocycles. The molecule has 3 aromatic carbocycles. The van der Waals surface area contributed by atoms with E-state index in [4.69, 9.17) is 9.15 Å². The fourth-order valence-corrected chi connectivity index (χ4v) is 4.87. The van der Waals surface area contributed by atoms with E-state index in [0.717, 1.165) is 18.2 Å². The maximum atomic E-state index is 13.1. The van der Waals surface area contributed by atoms with Gasteiger partial charge in [-0.15, -0.1) is 0 Å². The monoisotopic (exact) mass is 462 g/mol. The van der Waals surface area contributed by atoms with Crippen LogP contribution in [0.1, 0.15) is 29.0 Å². The summed E-state index contributed by atoms with van der Waals surface area (Å²) in [5.41, 5.74) is 1.54. The molecule has 2 N–H and O–H groups in total. The Kier molecular flexibility index (Phi) is 5.62. The molecular weight excluding hydrogens is 440 g/mol. The van der Waals surface area contributed by atoms with Crippen molar-refractivity contribution in [1.29, 1.82) is 0 Å². The number of amides is 1. The van der Waals surface area contributed by atoms with Crippen LogP contribution in [-0.4, -0.2) is 20.4 Å². The fourth-order valence-electron chi connectivity index (χ4n) is 3.52. The van der Waals surface area contributed by atoms with Gasteiger partial charge in [0.1, 0.15) is 17.9 Å². The molecule has 1 amide bonds. The maximum absolute atomic E-state index is 13.1. The standard InChI is InChI=1S/C25H22N2O5S/c28-25(26-18-7-6-10-20(15-18)33(29,30)27-17-13-14-17)24-22(16-31-19-8-2-1-3-9-19)21-11-4-5-12-23(21)32-24/h1-12,15,17,27H,13-14,16H2,(H,26,28). The summed E-state index contributed by atoms with van der Waals surface area (Å²) >= 11 is 0. The lowest BCUT2D eigenvalue weighted by Crippen LogP contribution is -2.25. The third-order valence-corrected chi connectivity index (χ3v) is 6.85. The number of furan rings is 1. The summed E-state index contributed by atoms with van der Waals surface area (Å²) in [7, 11) is -3.63. The Morgan fingerprint density at radius 1 is 0.970 bits per heavy atom. The van der Waals surface area contributed by atoms with E-state index in [1.807, 2.05) is 48.5 Å². The molecule has 168 valence electrons. The van der Waals surface area contributed by atoms with E-state index in [0.29, 0.717) is 22.6 Å². The lowest BCUT2D eigenvalue weighted by atomic mass is 10.1. The largest absolute Gasteiger partial charge is 0.489 e. The van der Waals surface area contributed by atoms with Gasteiger partial charge in [-0.1, -0.05) is 42.5 Å². The molecule has 1 aliphatic rings. The van der Waals surface area contributed by atoms with Crippen molar-refractivity contribution in [3.8, 4) is 5.75 Å². The number of ether oxygens (including phenoxy) is 1. The number of nitrogens with one attached hydrogen (secondary N) is 2. The molecule has 1 saturated carbocycles. The highest BCUT2D eigenvalue weighted by Crippen LogP contribution is 2.29. The number of hydrogen-bond donors (Lipinski definition) is 2. The van der Waals surface area contributed by atoms with Crippen LogP contribution in [0, 0.1) is 0 Å². The van der Waals surface area contributed by atoms with Gasteiger partial charge in [-0.3, -0.25) is 4.79 Å². The second kappa shape index (κ2) is 8.73. The van der Waals surface area contributed by atoms with Crippen molar-refractivity contribution in [2.24, 2.45) is 0 Å². The normalized spacial score (nSPS) is 13.7. The first-order valence-electron chi connectivity index (χ1n) is 10.6. The number of carbonyl (C=O) groups is 1. The summed E-state index contributed by atoms with van der Waals surface area (Å²) in [4.78, 5) is 13.2. The van der Waals surface area contributed by atoms with Gasteiger partial charge in [-0.2, -0.15) is 0 Å². The first-order valence-corrected chi connectivity index (χ1v) is 12.1. The van der Waals surface area contributed by atoms with Gasteiger partial charge in [-0.05, 0) is 49.2 Å². The van der Waals surface area contributed by atoms with Crippen molar-refractivity contribution in [3.63, 3.8) is 0 Å². The van der Waals surface area contributed by atoms with Gasteiger partial charge in [0.2, 0.25) is 10.0 Å². The fraction of sp³-hybridized carbons (Fsp3) is 0.160. The number of rotatable bonds is 8. The molecular formula is C25H22N2O5S. The van der Waals surface area contributed by atoms with E-state index < -0.39 is 15.9 Å². The number of fused-ring (bicyclic) bond motifs is 1. The molecule has 0 atom stereocenters. The van der Waals surface area contributed by atoms with Gasteiger partial charge < -0.3 is 14.5 Å². The molecule has 1 heterocycles. The van der Waals surface area contributed by atoms with Gasteiger partial charge in [0.15, 0.2) is 5.76 Å². The summed E-state index contributed by atoms with van der Waals surface area (Å²) in [5.74, 6) is 0.314. The molecule has 1 fully saturated rings. The summed E-state index contributed by atoms with van der Waals surface area (Å²) in [6.07, 6.45) is 1.69. The van der Waals surface area contributed by atoms with E-state index >= 15 is 0 Å². The molecule has 4 aromatic rings. The zero-order chi connectivity index (χ0) is 22.8. The minimum absolute atomic E-state index is 0.00373. The quantitative estimate of drug-likeness (QED) is 0.395. The van der Waals surface area contributed by atoms with Crippen molar-refractivity contribution >= 4 is 32.6 Å². The molecule has 7 nitrogen and oxygen atoms in total. The number of para-hydroxylation sites is 2. The van der Waals surface area contributed by atoms with Crippen molar-refractivity contribution in [1.82, 2.24) is 4.72 Å². The number of carbonyl (C=O) groups excluding carboxylic acids is 1. The first kappa shape index (κ1) is 21.2. The smallest absolute Gasteiger partial charge is 0.291 e. The summed E-state index contributed by atoms with van der Waals surface area (Å²) in [6, 6.07) is 22.8. The van der Waals surface area contributed by atoms with Crippen LogP contribution in [-0.2, 0) is 16.6 Å². The summed E-state index contributed by atoms with van der Waals surface area (Å²) in [5, 5.41) is 3.54. The van der Waals surface area contributed by atoms with Crippen molar-refractivity contribution in [2.75, 3.05) is 5.32 Å². The minimum Gasteiger partial charge on any atom is -0.489 e. The predicted octanol–water partition coefficient (Wildman–Crippen LogP) is 4.70. The zero-order valence-corrected chi connectivity index (χ0v) is 18.5. The highest BCUT2D eigenvalue weighted by molar-refractivity contribution is 7.89. The number of benzene rings is 3. The van der Waals surface area contributed by atoms with E-state index in [-0.39, 0.29) is 23.3 Å². The van der Waals surface area contributed by atoms with Crippen LogP contribution in [0.5, 0.6) is 5.75 Å². The van der Waals surface area contributed by atoms with Crippen LogP contribution in [0.25, 0.3) is 11.0 Å². The molecule has 0 saturated heterocycles. The summed E-state index contributed by atoms with van der Waals surface area (Å²) < 4.78 is 39.4. The van der Waals surface area contributed by atoms with Gasteiger partial charge in [0.05, 0.1) is 4.90 Å². The second-order valence-corrected chi connectivity index (χ2v) is 9.60. The number of sulfonamides is 1. The molecule has 1 aromatic heterocycles. The van der Waals surface area contributed by atoms with E-state index in [1.165, 1.54) is 12.1 Å². The summed E-state index contributed by atoms with van der Waals surface area (Å²) in [6.45, 7) is 0.142. The van der Waals surface area contributed by atoms with Crippen LogP contribution in [0.15, 0.2) is 88.2 Å². The third-order valence-electron chi connectivity index (χ3n) is 5.33. The Hall–Kier alpha value is -3.62. The molecule has 8 heteroatoms. The van der Waals surface area contributed by atoms with Gasteiger partial charge in [0, 0.05) is 22.7 Å². The highest BCUT2D eigenvalue weighted by atomic mass is 32.2. The Morgan fingerprint density at radius 3 is 2.52 bits per heavy atom.